The van der Waals surface area contributed by atoms with Gasteiger partial charge in [-0.3, -0.25) is 9.36 Å². The summed E-state index contributed by atoms with van der Waals surface area (Å²) in [5.41, 5.74) is 0.799. The molecule has 1 atom stereocenters. The Hall–Kier alpha value is -1.69. The van der Waals surface area contributed by atoms with Gasteiger partial charge in [-0.05, 0) is 39.2 Å². The molecule has 2 aromatic heterocycles. The summed E-state index contributed by atoms with van der Waals surface area (Å²) in [5.74, 6) is 0.194. The fourth-order valence-corrected chi connectivity index (χ4v) is 3.59. The zero-order valence-electron chi connectivity index (χ0n) is 13.7. The normalized spacial score (nSPS) is 12.6. The molecule has 0 radical (unpaired) electrons. The van der Waals surface area contributed by atoms with Gasteiger partial charge in [-0.15, -0.1) is 11.3 Å². The molecule has 120 valence electrons. The van der Waals surface area contributed by atoms with E-state index in [1.165, 1.54) is 15.9 Å². The van der Waals surface area contributed by atoms with Crippen LogP contribution in [-0.4, -0.2) is 22.1 Å². The van der Waals surface area contributed by atoms with Crippen molar-refractivity contribution in [3.8, 4) is 0 Å². The van der Waals surface area contributed by atoms with Crippen LogP contribution in [0.1, 0.15) is 49.0 Å². The van der Waals surface area contributed by atoms with Gasteiger partial charge < -0.3 is 4.74 Å². The first-order chi connectivity index (χ1) is 10.4. The molecule has 0 N–H and O–H groups in total. The number of carbonyl (C=O) groups excluding carboxylic acids is 1. The zero-order chi connectivity index (χ0) is 16.4. The lowest BCUT2D eigenvalue weighted by molar-refractivity contribution is -0.148. The second-order valence-corrected chi connectivity index (χ2v) is 6.59. The van der Waals surface area contributed by atoms with Gasteiger partial charge >= 0.3 is 5.97 Å². The Morgan fingerprint density at radius 3 is 2.59 bits per heavy atom. The maximum Gasteiger partial charge on any atom is 0.329 e. The highest BCUT2D eigenvalue weighted by Crippen LogP contribution is 2.27. The van der Waals surface area contributed by atoms with E-state index in [9.17, 15) is 9.59 Å². The molecule has 2 rings (SSSR count). The van der Waals surface area contributed by atoms with Gasteiger partial charge in [0.25, 0.3) is 5.56 Å². The first-order valence-electron chi connectivity index (χ1n) is 7.57. The molecule has 22 heavy (non-hydrogen) atoms. The lowest BCUT2D eigenvalue weighted by atomic mass is 10.2. The van der Waals surface area contributed by atoms with Gasteiger partial charge in [0, 0.05) is 4.88 Å². The highest BCUT2D eigenvalue weighted by Gasteiger charge is 2.25. The van der Waals surface area contributed by atoms with Crippen LogP contribution in [0, 0.1) is 20.8 Å². The van der Waals surface area contributed by atoms with E-state index in [0.717, 1.165) is 21.7 Å². The van der Waals surface area contributed by atoms with Gasteiger partial charge in [0.05, 0.1) is 12.0 Å². The minimum Gasteiger partial charge on any atom is -0.464 e. The Labute approximate surface area is 133 Å². The van der Waals surface area contributed by atoms with E-state index in [0.29, 0.717) is 24.2 Å². The molecule has 0 aromatic carbocycles. The SMILES string of the molecule is CCCOC(=O)C(CC)n1c(C)nc2sc(C)c(C)c2c1=O. The predicted octanol–water partition coefficient (Wildman–Crippen LogP) is 3.29. The van der Waals surface area contributed by atoms with E-state index in [1.807, 2.05) is 27.7 Å². The van der Waals surface area contributed by atoms with Crippen LogP contribution in [0.2, 0.25) is 0 Å². The van der Waals surface area contributed by atoms with Crippen LogP contribution in [0.3, 0.4) is 0 Å². The highest BCUT2D eigenvalue weighted by atomic mass is 32.1. The number of ether oxygens (including phenoxy) is 1. The Balaban J connectivity index is 2.60. The summed E-state index contributed by atoms with van der Waals surface area (Å²) in [6, 6.07) is -0.615. The second kappa shape index (κ2) is 6.60. The van der Waals surface area contributed by atoms with Crippen molar-refractivity contribution in [3.05, 3.63) is 26.6 Å². The average Bonchev–Trinajstić information content (AvgIpc) is 2.75. The highest BCUT2D eigenvalue weighted by molar-refractivity contribution is 7.18. The summed E-state index contributed by atoms with van der Waals surface area (Å²) in [6.07, 6.45) is 1.26. The van der Waals surface area contributed by atoms with Crippen molar-refractivity contribution < 1.29 is 9.53 Å². The number of carbonyl (C=O) groups is 1. The molecular weight excluding hydrogens is 300 g/mol. The van der Waals surface area contributed by atoms with E-state index in [2.05, 4.69) is 4.98 Å². The standard InChI is InChI=1S/C16H22N2O3S/c1-6-8-21-16(20)12(7-2)18-11(5)17-14-13(15(18)19)9(3)10(4)22-14/h12H,6-8H2,1-5H3. The summed E-state index contributed by atoms with van der Waals surface area (Å²) in [7, 11) is 0. The van der Waals surface area contributed by atoms with Crippen LogP contribution < -0.4 is 5.56 Å². The molecule has 2 aromatic rings. The number of aryl methyl sites for hydroxylation is 3. The molecule has 6 heteroatoms. The molecule has 1 unspecified atom stereocenters. The summed E-state index contributed by atoms with van der Waals surface area (Å²) in [6.45, 7) is 9.85. The van der Waals surface area contributed by atoms with Crippen LogP contribution in [0.5, 0.6) is 0 Å². The third-order valence-corrected chi connectivity index (χ3v) is 4.93. The third kappa shape index (κ3) is 2.79. The molecule has 0 saturated heterocycles. The van der Waals surface area contributed by atoms with Crippen molar-refractivity contribution in [2.24, 2.45) is 0 Å². The van der Waals surface area contributed by atoms with Gasteiger partial charge in [0.2, 0.25) is 0 Å². The molecule has 0 fully saturated rings. The largest absolute Gasteiger partial charge is 0.464 e. The first-order valence-corrected chi connectivity index (χ1v) is 8.39. The first kappa shape index (κ1) is 16.7. The van der Waals surface area contributed by atoms with Crippen molar-refractivity contribution in [1.29, 1.82) is 0 Å². The maximum absolute atomic E-state index is 12.9. The number of hydrogen-bond donors (Lipinski definition) is 0. The minimum atomic E-state index is -0.615. The van der Waals surface area contributed by atoms with Crippen molar-refractivity contribution in [1.82, 2.24) is 9.55 Å². The Morgan fingerprint density at radius 2 is 2.00 bits per heavy atom. The molecule has 0 aliphatic rings. The van der Waals surface area contributed by atoms with Gasteiger partial charge in [-0.2, -0.15) is 0 Å². The molecule has 0 aliphatic heterocycles. The van der Waals surface area contributed by atoms with Crippen LogP contribution in [0.25, 0.3) is 10.2 Å². The number of thiophene rings is 1. The monoisotopic (exact) mass is 322 g/mol. The lowest BCUT2D eigenvalue weighted by Gasteiger charge is -2.19. The van der Waals surface area contributed by atoms with E-state index >= 15 is 0 Å². The van der Waals surface area contributed by atoms with E-state index in [-0.39, 0.29) is 11.5 Å². The Bertz CT molecular complexity index is 761. The molecule has 0 bridgehead atoms. The van der Waals surface area contributed by atoms with E-state index < -0.39 is 6.04 Å². The fraction of sp³-hybridized carbons (Fsp3) is 0.562. The summed E-state index contributed by atoms with van der Waals surface area (Å²) >= 11 is 1.52. The fourth-order valence-electron chi connectivity index (χ4n) is 2.53. The van der Waals surface area contributed by atoms with Gasteiger partial charge in [-0.1, -0.05) is 13.8 Å². The number of fused-ring (bicyclic) bond motifs is 1. The van der Waals surface area contributed by atoms with Crippen molar-refractivity contribution >= 4 is 27.5 Å². The van der Waals surface area contributed by atoms with Gasteiger partial charge in [0.1, 0.15) is 16.7 Å². The predicted molar refractivity (Wildman–Crippen MR) is 88.7 cm³/mol. The molecule has 5 nitrogen and oxygen atoms in total. The summed E-state index contributed by atoms with van der Waals surface area (Å²) in [4.78, 5) is 31.5. The zero-order valence-corrected chi connectivity index (χ0v) is 14.5. The van der Waals surface area contributed by atoms with Crippen LogP contribution in [0.4, 0.5) is 0 Å². The van der Waals surface area contributed by atoms with E-state index in [1.54, 1.807) is 6.92 Å². The van der Waals surface area contributed by atoms with Crippen molar-refractivity contribution in [3.63, 3.8) is 0 Å². The van der Waals surface area contributed by atoms with Crippen LogP contribution in [0.15, 0.2) is 4.79 Å². The molecule has 2 heterocycles. The Kier molecular flexibility index (Phi) is 5.01. The molecule has 0 spiro atoms. The van der Waals surface area contributed by atoms with Gasteiger partial charge in [0.15, 0.2) is 0 Å². The topological polar surface area (TPSA) is 61.2 Å². The van der Waals surface area contributed by atoms with Crippen molar-refractivity contribution in [2.45, 2.75) is 53.5 Å². The Morgan fingerprint density at radius 1 is 1.32 bits per heavy atom. The lowest BCUT2D eigenvalue weighted by Crippen LogP contribution is -2.33. The average molecular weight is 322 g/mol. The number of nitrogens with zero attached hydrogens (tertiary/aromatic N) is 2. The summed E-state index contributed by atoms with van der Waals surface area (Å²) in [5, 5.41) is 0.620. The summed E-state index contributed by atoms with van der Waals surface area (Å²) < 4.78 is 6.72. The third-order valence-electron chi connectivity index (χ3n) is 3.83. The van der Waals surface area contributed by atoms with Crippen LogP contribution >= 0.6 is 11.3 Å². The molecular formula is C16H22N2O3S. The smallest absolute Gasteiger partial charge is 0.329 e. The minimum absolute atomic E-state index is 0.148. The number of hydrogen-bond acceptors (Lipinski definition) is 5. The quantitative estimate of drug-likeness (QED) is 0.793. The van der Waals surface area contributed by atoms with Crippen molar-refractivity contribution in [2.75, 3.05) is 6.61 Å². The molecule has 0 aliphatic carbocycles. The molecule has 0 amide bonds. The number of rotatable bonds is 5. The second-order valence-electron chi connectivity index (χ2n) is 5.39. The molecule has 0 saturated carbocycles. The maximum atomic E-state index is 12.9. The van der Waals surface area contributed by atoms with E-state index in [4.69, 9.17) is 4.74 Å². The number of esters is 1. The van der Waals surface area contributed by atoms with Crippen LogP contribution in [-0.2, 0) is 9.53 Å². The van der Waals surface area contributed by atoms with Gasteiger partial charge in [-0.25, -0.2) is 9.78 Å². The number of aromatic nitrogens is 2.